The van der Waals surface area contributed by atoms with Crippen LogP contribution in [0.5, 0.6) is 0 Å². The van der Waals surface area contributed by atoms with E-state index in [4.69, 9.17) is 0 Å². The summed E-state index contributed by atoms with van der Waals surface area (Å²) in [5, 5.41) is 3.61. The predicted octanol–water partition coefficient (Wildman–Crippen LogP) is 1.79. The van der Waals surface area contributed by atoms with Gasteiger partial charge in [-0.3, -0.25) is 0 Å². The van der Waals surface area contributed by atoms with Crippen LogP contribution >= 0.6 is 0 Å². The van der Waals surface area contributed by atoms with Crippen molar-refractivity contribution in [3.05, 3.63) is 0 Å². The highest BCUT2D eigenvalue weighted by Crippen LogP contribution is 2.18. The molecule has 2 rings (SSSR count). The predicted molar refractivity (Wildman–Crippen MR) is 78.0 cm³/mol. The van der Waals surface area contributed by atoms with E-state index in [2.05, 4.69) is 36.0 Å². The first-order chi connectivity index (χ1) is 8.65. The normalized spacial score (nSPS) is 27.5. The highest BCUT2D eigenvalue weighted by Gasteiger charge is 2.25. The highest BCUT2D eigenvalue weighted by molar-refractivity contribution is 4.83. The van der Waals surface area contributed by atoms with Crippen LogP contribution in [0.2, 0.25) is 0 Å². The Labute approximate surface area is 113 Å². The minimum absolute atomic E-state index is 0.753. The lowest BCUT2D eigenvalue weighted by atomic mass is 10.0. The molecule has 3 heteroatoms. The van der Waals surface area contributed by atoms with E-state index in [0.29, 0.717) is 0 Å². The molecule has 0 amide bonds. The Hall–Kier alpha value is -0.120. The summed E-state index contributed by atoms with van der Waals surface area (Å²) < 4.78 is 0. The Morgan fingerprint density at radius 2 is 1.94 bits per heavy atom. The fraction of sp³-hybridized carbons (Fsp3) is 1.00. The van der Waals surface area contributed by atoms with Crippen LogP contribution in [0.3, 0.4) is 0 Å². The summed E-state index contributed by atoms with van der Waals surface area (Å²) in [7, 11) is 2.32. The molecule has 0 spiro atoms. The van der Waals surface area contributed by atoms with Gasteiger partial charge in [0.1, 0.15) is 0 Å². The third-order valence-electron chi connectivity index (χ3n) is 4.47. The molecule has 2 fully saturated rings. The lowest BCUT2D eigenvalue weighted by Gasteiger charge is -2.38. The van der Waals surface area contributed by atoms with Crippen LogP contribution in [0.1, 0.15) is 39.5 Å². The summed E-state index contributed by atoms with van der Waals surface area (Å²) in [4.78, 5) is 5.25. The SMILES string of the molecule is CC(C)CN1CCC(N(C)CC2CCCN2)CC1. The van der Waals surface area contributed by atoms with Crippen molar-refractivity contribution in [2.75, 3.05) is 39.8 Å². The summed E-state index contributed by atoms with van der Waals surface area (Å²) in [6.07, 6.45) is 5.45. The Balaban J connectivity index is 1.68. The zero-order valence-electron chi connectivity index (χ0n) is 12.5. The first kappa shape index (κ1) is 14.3. The Kier molecular flexibility index (Phi) is 5.46. The molecule has 106 valence electrons. The van der Waals surface area contributed by atoms with Gasteiger partial charge in [-0.05, 0) is 58.3 Å². The average molecular weight is 253 g/mol. The van der Waals surface area contributed by atoms with E-state index < -0.39 is 0 Å². The number of rotatable bonds is 5. The molecule has 3 nitrogen and oxygen atoms in total. The van der Waals surface area contributed by atoms with Crippen molar-refractivity contribution in [1.82, 2.24) is 15.1 Å². The maximum atomic E-state index is 3.61. The number of piperidine rings is 1. The van der Waals surface area contributed by atoms with Crippen LogP contribution in [0.4, 0.5) is 0 Å². The zero-order chi connectivity index (χ0) is 13.0. The van der Waals surface area contributed by atoms with Gasteiger partial charge in [-0.25, -0.2) is 0 Å². The third kappa shape index (κ3) is 4.22. The van der Waals surface area contributed by atoms with Gasteiger partial charge in [-0.2, -0.15) is 0 Å². The lowest BCUT2D eigenvalue weighted by molar-refractivity contribution is 0.114. The van der Waals surface area contributed by atoms with Gasteiger partial charge in [0, 0.05) is 25.2 Å². The second-order valence-corrected chi connectivity index (χ2v) is 6.66. The number of likely N-dealkylation sites (tertiary alicyclic amines) is 1. The van der Waals surface area contributed by atoms with Gasteiger partial charge in [0.2, 0.25) is 0 Å². The summed E-state index contributed by atoms with van der Waals surface area (Å²) in [6.45, 7) is 11.0. The third-order valence-corrected chi connectivity index (χ3v) is 4.47. The van der Waals surface area contributed by atoms with Crippen molar-refractivity contribution >= 4 is 0 Å². The molecule has 0 aromatic rings. The monoisotopic (exact) mass is 253 g/mol. The molecule has 1 N–H and O–H groups in total. The van der Waals surface area contributed by atoms with Crippen LogP contribution in [-0.4, -0.2) is 61.7 Å². The van der Waals surface area contributed by atoms with Gasteiger partial charge >= 0.3 is 0 Å². The van der Waals surface area contributed by atoms with Crippen molar-refractivity contribution in [3.8, 4) is 0 Å². The van der Waals surface area contributed by atoms with Crippen LogP contribution in [0, 0.1) is 5.92 Å². The van der Waals surface area contributed by atoms with E-state index in [1.165, 1.54) is 58.4 Å². The van der Waals surface area contributed by atoms with E-state index in [-0.39, 0.29) is 0 Å². The smallest absolute Gasteiger partial charge is 0.0195 e. The van der Waals surface area contributed by atoms with Crippen molar-refractivity contribution in [3.63, 3.8) is 0 Å². The number of likely N-dealkylation sites (N-methyl/N-ethyl adjacent to an activating group) is 1. The van der Waals surface area contributed by atoms with E-state index in [1.54, 1.807) is 0 Å². The molecule has 2 saturated heterocycles. The van der Waals surface area contributed by atoms with Gasteiger partial charge in [0.25, 0.3) is 0 Å². The molecule has 0 aromatic carbocycles. The Morgan fingerprint density at radius 3 is 2.50 bits per heavy atom. The fourth-order valence-electron chi connectivity index (χ4n) is 3.47. The van der Waals surface area contributed by atoms with Gasteiger partial charge in [-0.1, -0.05) is 13.8 Å². The van der Waals surface area contributed by atoms with Crippen LogP contribution in [0.15, 0.2) is 0 Å². The van der Waals surface area contributed by atoms with E-state index in [0.717, 1.165) is 18.0 Å². The van der Waals surface area contributed by atoms with Crippen molar-refractivity contribution in [2.24, 2.45) is 5.92 Å². The molecular formula is C15H31N3. The van der Waals surface area contributed by atoms with Crippen LogP contribution in [-0.2, 0) is 0 Å². The van der Waals surface area contributed by atoms with E-state index in [9.17, 15) is 0 Å². The molecule has 0 saturated carbocycles. The number of hydrogen-bond acceptors (Lipinski definition) is 3. The first-order valence-corrected chi connectivity index (χ1v) is 7.81. The maximum Gasteiger partial charge on any atom is 0.0195 e. The largest absolute Gasteiger partial charge is 0.313 e. The van der Waals surface area contributed by atoms with Gasteiger partial charge in [-0.15, -0.1) is 0 Å². The highest BCUT2D eigenvalue weighted by atomic mass is 15.2. The molecule has 2 heterocycles. The summed E-state index contributed by atoms with van der Waals surface area (Å²) in [6, 6.07) is 1.57. The van der Waals surface area contributed by atoms with Crippen LogP contribution < -0.4 is 5.32 Å². The topological polar surface area (TPSA) is 18.5 Å². The number of nitrogens with one attached hydrogen (secondary N) is 1. The molecule has 1 atom stereocenters. The van der Waals surface area contributed by atoms with Gasteiger partial charge in [0.15, 0.2) is 0 Å². The first-order valence-electron chi connectivity index (χ1n) is 7.81. The summed E-state index contributed by atoms with van der Waals surface area (Å²) in [5.74, 6) is 0.807. The standard InChI is InChI=1S/C15H31N3/c1-13(2)11-18-9-6-15(7-10-18)17(3)12-14-5-4-8-16-14/h13-16H,4-12H2,1-3H3. The van der Waals surface area contributed by atoms with E-state index in [1.807, 2.05) is 0 Å². The zero-order valence-corrected chi connectivity index (χ0v) is 12.5. The van der Waals surface area contributed by atoms with Gasteiger partial charge < -0.3 is 15.1 Å². The molecule has 0 radical (unpaired) electrons. The minimum atomic E-state index is 0.753. The maximum absolute atomic E-state index is 3.61. The molecular weight excluding hydrogens is 222 g/mol. The molecule has 0 aromatic heterocycles. The van der Waals surface area contributed by atoms with Crippen molar-refractivity contribution in [2.45, 2.75) is 51.6 Å². The Bertz CT molecular complexity index is 228. The second kappa shape index (κ2) is 6.88. The molecule has 2 aliphatic heterocycles. The minimum Gasteiger partial charge on any atom is -0.313 e. The summed E-state index contributed by atoms with van der Waals surface area (Å²) in [5.41, 5.74) is 0. The summed E-state index contributed by atoms with van der Waals surface area (Å²) >= 11 is 0. The van der Waals surface area contributed by atoms with Crippen molar-refractivity contribution in [1.29, 1.82) is 0 Å². The van der Waals surface area contributed by atoms with Crippen molar-refractivity contribution < 1.29 is 0 Å². The average Bonchev–Trinajstić information content (AvgIpc) is 2.82. The number of hydrogen-bond donors (Lipinski definition) is 1. The quantitative estimate of drug-likeness (QED) is 0.806. The molecule has 0 bridgehead atoms. The molecule has 18 heavy (non-hydrogen) atoms. The van der Waals surface area contributed by atoms with Crippen LogP contribution in [0.25, 0.3) is 0 Å². The molecule has 1 unspecified atom stereocenters. The fourth-order valence-corrected chi connectivity index (χ4v) is 3.47. The molecule has 2 aliphatic rings. The second-order valence-electron chi connectivity index (χ2n) is 6.66. The van der Waals surface area contributed by atoms with Gasteiger partial charge in [0.05, 0.1) is 0 Å². The van der Waals surface area contributed by atoms with E-state index >= 15 is 0 Å². The Morgan fingerprint density at radius 1 is 1.22 bits per heavy atom. The number of nitrogens with zero attached hydrogens (tertiary/aromatic N) is 2. The lowest BCUT2D eigenvalue weighted by Crippen LogP contribution is -2.47. The molecule has 0 aliphatic carbocycles.